The second-order valence-corrected chi connectivity index (χ2v) is 4.75. The molecule has 0 bridgehead atoms. The lowest BCUT2D eigenvalue weighted by atomic mass is 9.96. The highest BCUT2D eigenvalue weighted by Gasteiger charge is 2.29. The molecule has 0 aromatic carbocycles. The Morgan fingerprint density at radius 1 is 1.53 bits per heavy atom. The highest BCUT2D eigenvalue weighted by molar-refractivity contribution is 4.86. The Bertz CT molecular complexity index is 187. The van der Waals surface area contributed by atoms with Gasteiger partial charge in [0.15, 0.2) is 0 Å². The molecule has 1 aliphatic heterocycles. The van der Waals surface area contributed by atoms with Crippen LogP contribution in [0.3, 0.4) is 0 Å². The molecule has 0 saturated carbocycles. The minimum Gasteiger partial charge on any atom is -0.395 e. The summed E-state index contributed by atoms with van der Waals surface area (Å²) in [7, 11) is 0. The van der Waals surface area contributed by atoms with Crippen LogP contribution in [0.25, 0.3) is 0 Å². The van der Waals surface area contributed by atoms with Crippen LogP contribution in [0, 0.1) is 5.92 Å². The molecule has 0 spiro atoms. The van der Waals surface area contributed by atoms with Gasteiger partial charge in [-0.15, -0.1) is 0 Å². The first-order valence-electron chi connectivity index (χ1n) is 5.78. The fourth-order valence-electron chi connectivity index (χ4n) is 2.07. The van der Waals surface area contributed by atoms with E-state index in [2.05, 4.69) is 25.7 Å². The van der Waals surface area contributed by atoms with E-state index in [0.717, 1.165) is 19.7 Å². The maximum atomic E-state index is 9.42. The third-order valence-electron chi connectivity index (χ3n) is 3.14. The lowest BCUT2D eigenvalue weighted by Crippen LogP contribution is -2.56. The lowest BCUT2D eigenvalue weighted by molar-refractivity contribution is -0.0490. The van der Waals surface area contributed by atoms with Gasteiger partial charge < -0.3 is 15.6 Å². The van der Waals surface area contributed by atoms with Crippen molar-refractivity contribution in [1.82, 2.24) is 4.90 Å². The van der Waals surface area contributed by atoms with Crippen molar-refractivity contribution in [3.8, 4) is 0 Å². The van der Waals surface area contributed by atoms with Crippen molar-refractivity contribution >= 4 is 0 Å². The molecule has 15 heavy (non-hydrogen) atoms. The summed E-state index contributed by atoms with van der Waals surface area (Å²) in [6, 6.07) is 0.0941. The summed E-state index contributed by atoms with van der Waals surface area (Å²) in [5.41, 5.74) is 6.11. The average molecular weight is 216 g/mol. The summed E-state index contributed by atoms with van der Waals surface area (Å²) in [4.78, 5) is 2.25. The molecular formula is C11H24N2O2. The van der Waals surface area contributed by atoms with Crippen molar-refractivity contribution in [3.05, 3.63) is 0 Å². The lowest BCUT2D eigenvalue weighted by Gasteiger charge is -2.40. The number of hydrogen-bond donors (Lipinski definition) is 2. The maximum Gasteiger partial charge on any atom is 0.0674 e. The molecule has 0 aromatic heterocycles. The number of nitrogens with zero attached hydrogens (tertiary/aromatic N) is 1. The Morgan fingerprint density at radius 2 is 2.20 bits per heavy atom. The molecule has 3 N–H and O–H groups in total. The molecule has 3 unspecified atom stereocenters. The van der Waals surface area contributed by atoms with E-state index >= 15 is 0 Å². The van der Waals surface area contributed by atoms with Gasteiger partial charge in [-0.2, -0.15) is 0 Å². The Hall–Kier alpha value is -0.160. The van der Waals surface area contributed by atoms with E-state index in [1.54, 1.807) is 0 Å². The van der Waals surface area contributed by atoms with Crippen LogP contribution in [0.4, 0.5) is 0 Å². The molecule has 0 aliphatic carbocycles. The van der Waals surface area contributed by atoms with Crippen LogP contribution in [-0.4, -0.2) is 54.5 Å². The van der Waals surface area contributed by atoms with Crippen LogP contribution < -0.4 is 5.73 Å². The van der Waals surface area contributed by atoms with Crippen molar-refractivity contribution in [2.75, 3.05) is 26.3 Å². The summed E-state index contributed by atoms with van der Waals surface area (Å²) < 4.78 is 5.48. The van der Waals surface area contributed by atoms with Crippen LogP contribution in [0.2, 0.25) is 0 Å². The Balaban J connectivity index is 2.56. The van der Waals surface area contributed by atoms with E-state index in [1.165, 1.54) is 0 Å². The standard InChI is InChI=1S/C11H24N2O2/c1-8(2)11(12)10(7-14)13-4-5-15-9(3)6-13/h8-11,14H,4-7,12H2,1-3H3. The minimum absolute atomic E-state index is 0.0281. The number of aliphatic hydroxyl groups excluding tert-OH is 1. The molecular weight excluding hydrogens is 192 g/mol. The van der Waals surface area contributed by atoms with Crippen molar-refractivity contribution in [2.45, 2.75) is 39.0 Å². The number of hydrogen-bond acceptors (Lipinski definition) is 4. The monoisotopic (exact) mass is 216 g/mol. The zero-order chi connectivity index (χ0) is 11.4. The van der Waals surface area contributed by atoms with Gasteiger partial charge in [-0.1, -0.05) is 13.8 Å². The molecule has 1 saturated heterocycles. The van der Waals surface area contributed by atoms with Gasteiger partial charge in [-0.05, 0) is 12.8 Å². The molecule has 1 rings (SSSR count). The molecule has 1 aliphatic rings. The number of rotatable bonds is 4. The van der Waals surface area contributed by atoms with Gasteiger partial charge in [-0.25, -0.2) is 0 Å². The predicted molar refractivity (Wildman–Crippen MR) is 60.7 cm³/mol. The fourth-order valence-corrected chi connectivity index (χ4v) is 2.07. The zero-order valence-electron chi connectivity index (χ0n) is 10.0. The van der Waals surface area contributed by atoms with Gasteiger partial charge in [0.05, 0.1) is 19.3 Å². The maximum absolute atomic E-state index is 9.42. The Morgan fingerprint density at radius 3 is 2.67 bits per heavy atom. The fraction of sp³-hybridized carbons (Fsp3) is 1.00. The summed E-state index contributed by atoms with van der Waals surface area (Å²) in [6.45, 7) is 8.85. The summed E-state index contributed by atoms with van der Waals surface area (Å²) in [5, 5.41) is 9.42. The van der Waals surface area contributed by atoms with Gasteiger partial charge in [0, 0.05) is 25.2 Å². The van der Waals surface area contributed by atoms with E-state index in [9.17, 15) is 5.11 Å². The SMILES string of the molecule is CC1CN(C(CO)C(N)C(C)C)CCO1. The number of aliphatic hydroxyl groups is 1. The van der Waals surface area contributed by atoms with Crippen molar-refractivity contribution in [1.29, 1.82) is 0 Å². The van der Waals surface area contributed by atoms with E-state index in [-0.39, 0.29) is 24.8 Å². The first-order chi connectivity index (χ1) is 7.06. The van der Waals surface area contributed by atoms with E-state index in [4.69, 9.17) is 10.5 Å². The third-order valence-corrected chi connectivity index (χ3v) is 3.14. The van der Waals surface area contributed by atoms with Gasteiger partial charge in [0.25, 0.3) is 0 Å². The van der Waals surface area contributed by atoms with Gasteiger partial charge >= 0.3 is 0 Å². The molecule has 0 radical (unpaired) electrons. The third kappa shape index (κ3) is 3.41. The van der Waals surface area contributed by atoms with Crippen LogP contribution >= 0.6 is 0 Å². The normalized spacial score (nSPS) is 28.0. The first-order valence-corrected chi connectivity index (χ1v) is 5.78. The minimum atomic E-state index is 0.0281. The first kappa shape index (κ1) is 12.9. The average Bonchev–Trinajstić information content (AvgIpc) is 2.18. The number of morpholine rings is 1. The summed E-state index contributed by atoms with van der Waals surface area (Å²) in [5.74, 6) is 0.389. The molecule has 90 valence electrons. The number of nitrogens with two attached hydrogens (primary N) is 1. The second kappa shape index (κ2) is 5.80. The highest BCUT2D eigenvalue weighted by atomic mass is 16.5. The smallest absolute Gasteiger partial charge is 0.0674 e. The summed E-state index contributed by atoms with van der Waals surface area (Å²) in [6.07, 6.45) is 0.243. The van der Waals surface area contributed by atoms with E-state index in [0.29, 0.717) is 5.92 Å². The van der Waals surface area contributed by atoms with Crippen molar-refractivity contribution in [2.24, 2.45) is 11.7 Å². The predicted octanol–water partition coefficient (Wildman–Crippen LogP) is 0.0513. The van der Waals surface area contributed by atoms with Crippen LogP contribution in [0.1, 0.15) is 20.8 Å². The molecule has 0 amide bonds. The van der Waals surface area contributed by atoms with Gasteiger partial charge in [0.1, 0.15) is 0 Å². The van der Waals surface area contributed by atoms with E-state index in [1.807, 2.05) is 0 Å². The van der Waals surface area contributed by atoms with Crippen LogP contribution in [0.5, 0.6) is 0 Å². The Labute approximate surface area is 92.4 Å². The second-order valence-electron chi connectivity index (χ2n) is 4.75. The largest absolute Gasteiger partial charge is 0.395 e. The van der Waals surface area contributed by atoms with Gasteiger partial charge in [0.2, 0.25) is 0 Å². The molecule has 1 heterocycles. The van der Waals surface area contributed by atoms with Crippen LogP contribution in [0.15, 0.2) is 0 Å². The van der Waals surface area contributed by atoms with Gasteiger partial charge in [-0.3, -0.25) is 4.90 Å². The molecule has 0 aromatic rings. The molecule has 1 fully saturated rings. The van der Waals surface area contributed by atoms with E-state index < -0.39 is 0 Å². The number of ether oxygens (including phenoxy) is 1. The van der Waals surface area contributed by atoms with Crippen molar-refractivity contribution in [3.63, 3.8) is 0 Å². The van der Waals surface area contributed by atoms with Crippen molar-refractivity contribution < 1.29 is 9.84 Å². The highest BCUT2D eigenvalue weighted by Crippen LogP contribution is 2.14. The molecule has 4 heteroatoms. The quantitative estimate of drug-likeness (QED) is 0.697. The topological polar surface area (TPSA) is 58.7 Å². The summed E-state index contributed by atoms with van der Waals surface area (Å²) >= 11 is 0. The van der Waals surface area contributed by atoms with Crippen LogP contribution in [-0.2, 0) is 4.74 Å². The molecule has 3 atom stereocenters. The Kier molecular flexibility index (Phi) is 4.99. The zero-order valence-corrected chi connectivity index (χ0v) is 10.0. The molecule has 4 nitrogen and oxygen atoms in total.